The molecule has 2 N–H and O–H groups in total. The van der Waals surface area contributed by atoms with E-state index in [4.69, 9.17) is 0 Å². The number of hydrogen-bond donors (Lipinski definition) is 2. The van der Waals surface area contributed by atoms with Gasteiger partial charge >= 0.3 is 0 Å². The van der Waals surface area contributed by atoms with Crippen molar-refractivity contribution in [2.24, 2.45) is 0 Å². The van der Waals surface area contributed by atoms with Gasteiger partial charge in [0, 0.05) is 18.8 Å². The number of sulfone groups is 1. The van der Waals surface area contributed by atoms with Gasteiger partial charge in [-0.05, 0) is 30.7 Å². The lowest BCUT2D eigenvalue weighted by Crippen LogP contribution is -2.27. The summed E-state index contributed by atoms with van der Waals surface area (Å²) < 4.78 is 47.7. The molecule has 0 aliphatic carbocycles. The molecular formula is C12H20N2O4S2. The van der Waals surface area contributed by atoms with Gasteiger partial charge in [0.15, 0.2) is 9.84 Å². The maximum atomic E-state index is 11.8. The van der Waals surface area contributed by atoms with E-state index in [9.17, 15) is 16.8 Å². The fourth-order valence-electron chi connectivity index (χ4n) is 1.61. The summed E-state index contributed by atoms with van der Waals surface area (Å²) in [5.41, 5.74) is 0.746. The Morgan fingerprint density at radius 1 is 1.00 bits per heavy atom. The molecule has 1 aromatic rings. The molecule has 0 aromatic heterocycles. The molecule has 114 valence electrons. The Hall–Kier alpha value is -1.12. The lowest BCUT2D eigenvalue weighted by atomic mass is 10.3. The summed E-state index contributed by atoms with van der Waals surface area (Å²) in [7, 11) is -6.37. The van der Waals surface area contributed by atoms with Crippen molar-refractivity contribution in [1.82, 2.24) is 4.72 Å². The van der Waals surface area contributed by atoms with Crippen molar-refractivity contribution in [3.8, 4) is 0 Å². The average Bonchev–Trinajstić information content (AvgIpc) is 2.34. The Morgan fingerprint density at radius 2 is 1.60 bits per heavy atom. The molecule has 0 radical (unpaired) electrons. The van der Waals surface area contributed by atoms with Crippen LogP contribution in [0, 0.1) is 0 Å². The maximum absolute atomic E-state index is 11.8. The van der Waals surface area contributed by atoms with E-state index in [-0.39, 0.29) is 12.3 Å². The van der Waals surface area contributed by atoms with Crippen LogP contribution in [0.5, 0.6) is 0 Å². The molecule has 0 aliphatic heterocycles. The van der Waals surface area contributed by atoms with Crippen LogP contribution in [0.1, 0.15) is 13.3 Å². The van der Waals surface area contributed by atoms with Gasteiger partial charge < -0.3 is 5.32 Å². The zero-order valence-electron chi connectivity index (χ0n) is 11.6. The van der Waals surface area contributed by atoms with Crippen molar-refractivity contribution in [1.29, 1.82) is 0 Å². The van der Waals surface area contributed by atoms with Crippen LogP contribution in [0.3, 0.4) is 0 Å². The number of anilines is 1. The molecular weight excluding hydrogens is 300 g/mol. The van der Waals surface area contributed by atoms with E-state index >= 15 is 0 Å². The first-order valence-corrected chi connectivity index (χ1v) is 9.80. The monoisotopic (exact) mass is 320 g/mol. The first-order chi connectivity index (χ1) is 9.24. The number of hydrogen-bond acceptors (Lipinski definition) is 5. The highest BCUT2D eigenvalue weighted by molar-refractivity contribution is 7.91. The van der Waals surface area contributed by atoms with Crippen LogP contribution in [-0.2, 0) is 19.9 Å². The van der Waals surface area contributed by atoms with Crippen LogP contribution < -0.4 is 10.0 Å². The van der Waals surface area contributed by atoms with E-state index in [1.165, 1.54) is 0 Å². The summed E-state index contributed by atoms with van der Waals surface area (Å²) in [5.74, 6) is 0.137. The molecule has 6 nitrogen and oxygen atoms in total. The van der Waals surface area contributed by atoms with Gasteiger partial charge in [0.1, 0.15) is 0 Å². The van der Waals surface area contributed by atoms with Gasteiger partial charge in [0.25, 0.3) is 0 Å². The predicted molar refractivity (Wildman–Crippen MR) is 80.1 cm³/mol. The molecule has 0 atom stereocenters. The van der Waals surface area contributed by atoms with Gasteiger partial charge in [-0.1, -0.05) is 6.92 Å². The number of benzene rings is 1. The normalized spacial score (nSPS) is 12.3. The lowest BCUT2D eigenvalue weighted by Gasteiger charge is -2.08. The second-order valence-corrected chi connectivity index (χ2v) is 8.38. The van der Waals surface area contributed by atoms with E-state index in [0.29, 0.717) is 17.9 Å². The fourth-order valence-corrected chi connectivity index (χ4v) is 3.41. The maximum Gasteiger partial charge on any atom is 0.208 e. The first-order valence-electron chi connectivity index (χ1n) is 6.26. The minimum absolute atomic E-state index is 0.137. The summed E-state index contributed by atoms with van der Waals surface area (Å²) in [4.78, 5) is 0.305. The van der Waals surface area contributed by atoms with Crippen LogP contribution in [0.25, 0.3) is 0 Å². The van der Waals surface area contributed by atoms with Gasteiger partial charge in [-0.15, -0.1) is 0 Å². The van der Waals surface area contributed by atoms with Crippen LogP contribution in [0.4, 0.5) is 5.69 Å². The average molecular weight is 320 g/mol. The van der Waals surface area contributed by atoms with Crippen molar-refractivity contribution in [3.63, 3.8) is 0 Å². The molecule has 0 aliphatic rings. The Morgan fingerprint density at radius 3 is 2.10 bits per heavy atom. The zero-order chi connectivity index (χ0) is 15.2. The third kappa shape index (κ3) is 5.89. The van der Waals surface area contributed by atoms with Gasteiger partial charge in [-0.2, -0.15) is 0 Å². The van der Waals surface area contributed by atoms with Gasteiger partial charge in [0.05, 0.1) is 16.9 Å². The summed E-state index contributed by atoms with van der Waals surface area (Å²) in [6, 6.07) is 6.45. The molecule has 0 heterocycles. The topological polar surface area (TPSA) is 92.3 Å². The Labute approximate surface area is 120 Å². The highest BCUT2D eigenvalue weighted by atomic mass is 32.2. The van der Waals surface area contributed by atoms with Crippen molar-refractivity contribution < 1.29 is 16.8 Å². The number of rotatable bonds is 8. The van der Waals surface area contributed by atoms with Crippen LogP contribution in [0.2, 0.25) is 0 Å². The molecule has 1 aromatic carbocycles. The SMILES string of the molecule is CCCS(=O)(=O)c1ccc(NCCNS(C)(=O)=O)cc1. The molecule has 0 saturated heterocycles. The molecule has 0 amide bonds. The smallest absolute Gasteiger partial charge is 0.208 e. The van der Waals surface area contributed by atoms with Crippen LogP contribution >= 0.6 is 0 Å². The quantitative estimate of drug-likeness (QED) is 0.692. The van der Waals surface area contributed by atoms with Crippen molar-refractivity contribution in [2.75, 3.05) is 30.4 Å². The third-order valence-corrected chi connectivity index (χ3v) is 5.17. The van der Waals surface area contributed by atoms with E-state index in [1.807, 2.05) is 6.92 Å². The summed E-state index contributed by atoms with van der Waals surface area (Å²) in [6.07, 6.45) is 1.68. The number of sulfonamides is 1. The van der Waals surface area contributed by atoms with Crippen molar-refractivity contribution in [2.45, 2.75) is 18.2 Å². The highest BCUT2D eigenvalue weighted by Crippen LogP contribution is 2.15. The van der Waals surface area contributed by atoms with E-state index in [1.54, 1.807) is 24.3 Å². The largest absolute Gasteiger partial charge is 0.384 e. The number of nitrogens with one attached hydrogen (secondary N) is 2. The minimum Gasteiger partial charge on any atom is -0.384 e. The molecule has 1 rings (SSSR count). The van der Waals surface area contributed by atoms with Crippen molar-refractivity contribution in [3.05, 3.63) is 24.3 Å². The Balaban J connectivity index is 2.55. The Bertz CT molecular complexity index is 622. The molecule has 8 heteroatoms. The second-order valence-electron chi connectivity index (χ2n) is 4.44. The summed E-state index contributed by atoms with van der Waals surface area (Å²) >= 11 is 0. The van der Waals surface area contributed by atoms with Crippen molar-refractivity contribution >= 4 is 25.5 Å². The van der Waals surface area contributed by atoms with E-state index in [2.05, 4.69) is 10.0 Å². The lowest BCUT2D eigenvalue weighted by molar-refractivity contribution is 0.588. The summed E-state index contributed by atoms with van der Waals surface area (Å²) in [5, 5.41) is 3.01. The predicted octanol–water partition coefficient (Wildman–Crippen LogP) is 0.831. The highest BCUT2D eigenvalue weighted by Gasteiger charge is 2.12. The molecule has 0 bridgehead atoms. The molecule has 0 fully saturated rings. The minimum atomic E-state index is -3.19. The standard InChI is InChI=1S/C12H20N2O4S2/c1-3-10-20(17,18)12-6-4-11(5-7-12)13-8-9-14-19(2,15)16/h4-7,13-14H,3,8-10H2,1-2H3. The fraction of sp³-hybridized carbons (Fsp3) is 0.500. The van der Waals surface area contributed by atoms with E-state index < -0.39 is 19.9 Å². The molecule has 0 spiro atoms. The molecule has 0 unspecified atom stereocenters. The second kappa shape index (κ2) is 7.05. The van der Waals surface area contributed by atoms with Gasteiger partial charge in [-0.25, -0.2) is 21.6 Å². The third-order valence-electron chi connectivity index (χ3n) is 2.50. The van der Waals surface area contributed by atoms with E-state index in [0.717, 1.165) is 11.9 Å². The first kappa shape index (κ1) is 16.9. The summed E-state index contributed by atoms with van der Waals surface area (Å²) in [6.45, 7) is 2.52. The molecule has 0 saturated carbocycles. The Kier molecular flexibility index (Phi) is 5.97. The zero-order valence-corrected chi connectivity index (χ0v) is 13.2. The molecule has 20 heavy (non-hydrogen) atoms. The van der Waals surface area contributed by atoms with Gasteiger partial charge in [0.2, 0.25) is 10.0 Å². The van der Waals surface area contributed by atoms with Crippen LogP contribution in [-0.4, -0.2) is 41.9 Å². The van der Waals surface area contributed by atoms with Crippen LogP contribution in [0.15, 0.2) is 29.2 Å². The van der Waals surface area contributed by atoms with Gasteiger partial charge in [-0.3, -0.25) is 0 Å².